The molecule has 2 aromatic carbocycles. The minimum absolute atomic E-state index is 0.393. The van der Waals surface area contributed by atoms with E-state index in [1.54, 1.807) is 6.07 Å². The zero-order chi connectivity index (χ0) is 26.3. The van der Waals surface area contributed by atoms with Crippen LogP contribution in [0.4, 0.5) is 5.95 Å². The fourth-order valence-corrected chi connectivity index (χ4v) is 3.88. The van der Waals surface area contributed by atoms with Gasteiger partial charge in [0.05, 0.1) is 17.0 Å². The fraction of sp³-hybridized carbons (Fsp3) is 0.433. The van der Waals surface area contributed by atoms with Gasteiger partial charge >= 0.3 is 5.97 Å². The van der Waals surface area contributed by atoms with E-state index in [0.717, 1.165) is 31.6 Å². The molecule has 6 nitrogen and oxygen atoms in total. The first-order valence-electron chi connectivity index (χ1n) is 13.0. The summed E-state index contributed by atoms with van der Waals surface area (Å²) in [4.78, 5) is 21.6. The largest absolute Gasteiger partial charge is 0.419 e. The number of unbranched alkanes of at least 4 members (excludes halogenated alkanes) is 1. The number of esters is 1. The Bertz CT molecular complexity index is 1040. The number of anilines is 1. The number of aryl methyl sites for hydroxylation is 3. The van der Waals surface area contributed by atoms with Crippen molar-refractivity contribution in [2.45, 2.75) is 66.7 Å². The summed E-state index contributed by atoms with van der Waals surface area (Å²) in [6.45, 7) is 15.0. The Hall–Kier alpha value is -3.25. The molecule has 2 N–H and O–H groups in total. The van der Waals surface area contributed by atoms with Gasteiger partial charge in [-0.1, -0.05) is 81.6 Å². The lowest BCUT2D eigenvalue weighted by Crippen LogP contribution is -2.16. The zero-order valence-electron chi connectivity index (χ0n) is 22.7. The normalized spacial score (nSPS) is 11.3. The van der Waals surface area contributed by atoms with Crippen molar-refractivity contribution in [2.75, 3.05) is 25.0 Å². The van der Waals surface area contributed by atoms with Gasteiger partial charge in [0, 0.05) is 12.5 Å². The highest BCUT2D eigenvalue weighted by Gasteiger charge is 2.17. The molecule has 3 rings (SSSR count). The van der Waals surface area contributed by atoms with Gasteiger partial charge in [-0.3, -0.25) is 0 Å². The molecule has 0 aliphatic carbocycles. The lowest BCUT2D eigenvalue weighted by molar-refractivity contribution is 0.0730. The first-order chi connectivity index (χ1) is 17.4. The number of hydrogen-bond donors (Lipinski definition) is 2. The average molecular weight is 491 g/mol. The summed E-state index contributed by atoms with van der Waals surface area (Å²) in [5, 5.41) is 6.50. The highest BCUT2D eigenvalue weighted by Crippen LogP contribution is 2.25. The number of aromatic nitrogens is 2. The second-order valence-corrected chi connectivity index (χ2v) is 8.89. The Morgan fingerprint density at radius 2 is 1.58 bits per heavy atom. The molecule has 0 aliphatic heterocycles. The Labute approximate surface area is 216 Å². The van der Waals surface area contributed by atoms with Crippen molar-refractivity contribution in [1.82, 2.24) is 15.3 Å². The number of nitrogens with zero attached hydrogens (tertiary/aromatic N) is 2. The molecule has 0 amide bonds. The van der Waals surface area contributed by atoms with Gasteiger partial charge in [-0.2, -0.15) is 0 Å². The van der Waals surface area contributed by atoms with Crippen LogP contribution in [0.5, 0.6) is 5.75 Å². The molecule has 0 spiro atoms. The van der Waals surface area contributed by atoms with Crippen molar-refractivity contribution >= 4 is 11.9 Å². The number of hydrogen-bond acceptors (Lipinski definition) is 6. The Balaban J connectivity index is 0.000000830. The minimum atomic E-state index is -0.400. The fourth-order valence-electron chi connectivity index (χ4n) is 3.88. The van der Waals surface area contributed by atoms with E-state index in [2.05, 4.69) is 65.6 Å². The lowest BCUT2D eigenvalue weighted by Gasteiger charge is -2.19. The second kappa shape index (κ2) is 15.7. The number of benzene rings is 2. The van der Waals surface area contributed by atoms with E-state index in [-0.39, 0.29) is 0 Å². The van der Waals surface area contributed by atoms with Crippen LogP contribution in [-0.2, 0) is 0 Å². The molecule has 1 heterocycles. The second-order valence-electron chi connectivity index (χ2n) is 8.89. The van der Waals surface area contributed by atoms with Crippen LogP contribution in [0.25, 0.3) is 0 Å². The number of ether oxygens (including phenoxy) is 1. The molecule has 0 aliphatic rings. The Morgan fingerprint density at radius 3 is 2.14 bits per heavy atom. The zero-order valence-corrected chi connectivity index (χ0v) is 22.7. The van der Waals surface area contributed by atoms with E-state index >= 15 is 0 Å². The number of nitrogens with one attached hydrogen (secondary N) is 2. The van der Waals surface area contributed by atoms with Gasteiger partial charge in [-0.05, 0) is 58.0 Å². The summed E-state index contributed by atoms with van der Waals surface area (Å²) in [6, 6.07) is 17.9. The first-order valence-corrected chi connectivity index (χ1v) is 13.0. The number of carbonyl (C=O) groups is 1. The predicted octanol–water partition coefficient (Wildman–Crippen LogP) is 6.62. The summed E-state index contributed by atoms with van der Waals surface area (Å²) in [7, 11) is 0. The first kappa shape index (κ1) is 29.0. The van der Waals surface area contributed by atoms with E-state index in [0.29, 0.717) is 34.6 Å². The summed E-state index contributed by atoms with van der Waals surface area (Å²) >= 11 is 0. The van der Waals surface area contributed by atoms with Gasteiger partial charge in [0.2, 0.25) is 5.95 Å². The highest BCUT2D eigenvalue weighted by molar-refractivity contribution is 5.91. The molecule has 1 aromatic heterocycles. The van der Waals surface area contributed by atoms with Gasteiger partial charge in [0.25, 0.3) is 0 Å². The molecule has 194 valence electrons. The monoisotopic (exact) mass is 490 g/mol. The van der Waals surface area contributed by atoms with E-state index in [1.807, 2.05) is 45.0 Å². The third-order valence-electron chi connectivity index (χ3n) is 5.84. The third-order valence-corrected chi connectivity index (χ3v) is 5.84. The maximum absolute atomic E-state index is 12.5. The van der Waals surface area contributed by atoms with E-state index in [9.17, 15) is 4.79 Å². The van der Waals surface area contributed by atoms with Crippen molar-refractivity contribution < 1.29 is 9.53 Å². The standard InChI is InChI=1S/C26H31N3O2.C4H11N/c1-5-6-12-23(21-13-8-7-9-14-21)17-27-26-28-19(3)24(20(4)29-26)31-25(30)22-15-10-11-18(2)16-22;1-3-5-4-2/h7-11,13-16,23H,5-6,12,17H2,1-4H3,(H,27,28,29);5H,3-4H2,1-2H3. The molecule has 3 aromatic rings. The lowest BCUT2D eigenvalue weighted by atomic mass is 9.93. The van der Waals surface area contributed by atoms with Crippen LogP contribution >= 0.6 is 0 Å². The quantitative estimate of drug-likeness (QED) is 0.294. The molecule has 0 saturated heterocycles. The van der Waals surface area contributed by atoms with Crippen molar-refractivity contribution in [1.29, 1.82) is 0 Å². The van der Waals surface area contributed by atoms with Crippen molar-refractivity contribution in [3.05, 3.63) is 82.7 Å². The topological polar surface area (TPSA) is 76.1 Å². The molecule has 1 atom stereocenters. The van der Waals surface area contributed by atoms with E-state index in [1.165, 1.54) is 18.4 Å². The molecule has 0 bridgehead atoms. The smallest absolute Gasteiger partial charge is 0.343 e. The van der Waals surface area contributed by atoms with Crippen LogP contribution in [0, 0.1) is 20.8 Å². The molecule has 36 heavy (non-hydrogen) atoms. The molecular formula is C30H42N4O2. The third kappa shape index (κ3) is 9.42. The van der Waals surface area contributed by atoms with Gasteiger partial charge in [-0.25, -0.2) is 14.8 Å². The van der Waals surface area contributed by atoms with Crippen LogP contribution in [0.1, 0.15) is 78.8 Å². The minimum Gasteiger partial charge on any atom is -0.419 e. The van der Waals surface area contributed by atoms with Crippen molar-refractivity contribution in [3.63, 3.8) is 0 Å². The van der Waals surface area contributed by atoms with Crippen LogP contribution in [0.2, 0.25) is 0 Å². The summed E-state index contributed by atoms with van der Waals surface area (Å²) in [6.07, 6.45) is 3.45. The maximum atomic E-state index is 12.5. The molecule has 0 radical (unpaired) electrons. The summed E-state index contributed by atoms with van der Waals surface area (Å²) < 4.78 is 5.63. The van der Waals surface area contributed by atoms with Crippen LogP contribution in [-0.4, -0.2) is 35.6 Å². The molecular weight excluding hydrogens is 448 g/mol. The van der Waals surface area contributed by atoms with E-state index in [4.69, 9.17) is 4.74 Å². The summed E-state index contributed by atoms with van der Waals surface area (Å²) in [5.41, 5.74) is 4.12. The van der Waals surface area contributed by atoms with Crippen LogP contribution in [0.3, 0.4) is 0 Å². The predicted molar refractivity (Wildman–Crippen MR) is 149 cm³/mol. The molecule has 6 heteroatoms. The van der Waals surface area contributed by atoms with Gasteiger partial charge in [0.15, 0.2) is 5.75 Å². The van der Waals surface area contributed by atoms with Crippen molar-refractivity contribution in [3.8, 4) is 5.75 Å². The van der Waals surface area contributed by atoms with E-state index < -0.39 is 5.97 Å². The average Bonchev–Trinajstić information content (AvgIpc) is 2.87. The Morgan fingerprint density at radius 1 is 0.917 bits per heavy atom. The Kier molecular flexibility index (Phi) is 12.6. The SMILES string of the molecule is CCCCC(CNc1nc(C)c(OC(=O)c2cccc(C)c2)c(C)n1)c1ccccc1.CCNCC. The number of carbonyl (C=O) groups excluding carboxylic acids is 1. The van der Waals surface area contributed by atoms with Crippen LogP contribution in [0.15, 0.2) is 54.6 Å². The highest BCUT2D eigenvalue weighted by atomic mass is 16.5. The molecule has 1 unspecified atom stereocenters. The molecule has 0 fully saturated rings. The summed E-state index contributed by atoms with van der Waals surface area (Å²) in [5.74, 6) is 0.970. The van der Waals surface area contributed by atoms with Crippen molar-refractivity contribution in [2.24, 2.45) is 0 Å². The van der Waals surface area contributed by atoms with Crippen LogP contribution < -0.4 is 15.4 Å². The maximum Gasteiger partial charge on any atom is 0.343 e. The van der Waals surface area contributed by atoms with Gasteiger partial charge < -0.3 is 15.4 Å². The van der Waals surface area contributed by atoms with Gasteiger partial charge in [-0.15, -0.1) is 0 Å². The van der Waals surface area contributed by atoms with Gasteiger partial charge in [0.1, 0.15) is 0 Å². The molecule has 0 saturated carbocycles. The number of rotatable bonds is 11.